The fourth-order valence-corrected chi connectivity index (χ4v) is 2.54. The number of thioether (sulfide) groups is 1. The third-order valence-corrected chi connectivity index (χ3v) is 3.74. The molecule has 1 N–H and O–H groups in total. The molecule has 19 heavy (non-hydrogen) atoms. The van der Waals surface area contributed by atoms with Gasteiger partial charge in [0.15, 0.2) is 0 Å². The molecule has 1 aromatic carbocycles. The van der Waals surface area contributed by atoms with Gasteiger partial charge in [0, 0.05) is 16.7 Å². The summed E-state index contributed by atoms with van der Waals surface area (Å²) in [7, 11) is 1.62. The fraction of sp³-hybridized carbons (Fsp3) is 0.267. The molecule has 0 saturated carbocycles. The molecule has 0 amide bonds. The van der Waals surface area contributed by atoms with Gasteiger partial charge in [-0.2, -0.15) is 0 Å². The highest BCUT2D eigenvalue weighted by molar-refractivity contribution is 7.98. The Hall–Kier alpha value is -1.52. The number of pyridine rings is 1. The summed E-state index contributed by atoms with van der Waals surface area (Å²) in [6, 6.07) is 13.7. The summed E-state index contributed by atoms with van der Waals surface area (Å²) in [5.41, 5.74) is 1.91. The molecule has 1 unspecified atom stereocenters. The molecule has 0 aliphatic heterocycles. The van der Waals surface area contributed by atoms with Gasteiger partial charge in [-0.05, 0) is 30.7 Å². The molecule has 1 atom stereocenters. The maximum absolute atomic E-state index is 9.56. The van der Waals surface area contributed by atoms with Crippen molar-refractivity contribution in [2.24, 2.45) is 0 Å². The average Bonchev–Trinajstić information content (AvgIpc) is 2.45. The van der Waals surface area contributed by atoms with E-state index in [4.69, 9.17) is 4.74 Å². The van der Waals surface area contributed by atoms with Gasteiger partial charge in [-0.1, -0.05) is 18.2 Å². The van der Waals surface area contributed by atoms with E-state index < -0.39 is 6.10 Å². The van der Waals surface area contributed by atoms with Crippen molar-refractivity contribution >= 4 is 11.8 Å². The maximum Gasteiger partial charge on any atom is 0.213 e. The lowest BCUT2D eigenvalue weighted by atomic mass is 10.1. The summed E-state index contributed by atoms with van der Waals surface area (Å²) in [6.45, 7) is 1.77. The molecule has 2 aromatic rings. The Morgan fingerprint density at radius 3 is 2.79 bits per heavy atom. The van der Waals surface area contributed by atoms with Gasteiger partial charge in [0.2, 0.25) is 5.88 Å². The lowest BCUT2D eigenvalue weighted by Gasteiger charge is -2.07. The number of aliphatic hydroxyl groups excluding tert-OH is 1. The van der Waals surface area contributed by atoms with Crippen molar-refractivity contribution in [1.82, 2.24) is 4.98 Å². The van der Waals surface area contributed by atoms with E-state index in [1.807, 2.05) is 42.5 Å². The third kappa shape index (κ3) is 3.98. The molecule has 0 fully saturated rings. The maximum atomic E-state index is 9.56. The molecule has 0 radical (unpaired) electrons. The Balaban J connectivity index is 2.03. The first-order chi connectivity index (χ1) is 9.19. The molecule has 0 bridgehead atoms. The SMILES string of the molecule is COc1cccc(CSc2cccc(C(C)O)c2)n1. The number of nitrogens with zero attached hydrogens (tertiary/aromatic N) is 1. The number of ether oxygens (including phenoxy) is 1. The Labute approximate surface area is 117 Å². The number of aromatic nitrogens is 1. The second-order valence-electron chi connectivity index (χ2n) is 4.21. The van der Waals surface area contributed by atoms with Crippen molar-refractivity contribution in [1.29, 1.82) is 0 Å². The molecule has 2 rings (SSSR count). The molecular weight excluding hydrogens is 258 g/mol. The van der Waals surface area contributed by atoms with Crippen LogP contribution in [0.15, 0.2) is 47.4 Å². The van der Waals surface area contributed by atoms with Gasteiger partial charge in [-0.3, -0.25) is 0 Å². The van der Waals surface area contributed by atoms with Gasteiger partial charge < -0.3 is 9.84 Å². The van der Waals surface area contributed by atoms with Crippen LogP contribution in [0.2, 0.25) is 0 Å². The van der Waals surface area contributed by atoms with Gasteiger partial charge in [0.25, 0.3) is 0 Å². The van der Waals surface area contributed by atoms with E-state index in [1.54, 1.807) is 25.8 Å². The minimum Gasteiger partial charge on any atom is -0.481 e. The van der Waals surface area contributed by atoms with Crippen molar-refractivity contribution in [3.63, 3.8) is 0 Å². The second kappa shape index (κ2) is 6.59. The van der Waals surface area contributed by atoms with E-state index in [9.17, 15) is 5.11 Å². The molecule has 4 heteroatoms. The lowest BCUT2D eigenvalue weighted by molar-refractivity contribution is 0.199. The van der Waals surface area contributed by atoms with E-state index in [2.05, 4.69) is 4.98 Å². The Bertz CT molecular complexity index is 543. The Morgan fingerprint density at radius 2 is 2.05 bits per heavy atom. The molecule has 1 heterocycles. The van der Waals surface area contributed by atoms with Crippen molar-refractivity contribution in [3.05, 3.63) is 53.7 Å². The Morgan fingerprint density at radius 1 is 1.26 bits per heavy atom. The van der Waals surface area contributed by atoms with Crippen LogP contribution in [0.4, 0.5) is 0 Å². The summed E-state index contributed by atoms with van der Waals surface area (Å²) in [6.07, 6.45) is -0.435. The molecule has 0 spiro atoms. The van der Waals surface area contributed by atoms with Gasteiger partial charge in [0.05, 0.1) is 18.9 Å². The van der Waals surface area contributed by atoms with Crippen LogP contribution in [-0.4, -0.2) is 17.2 Å². The highest BCUT2D eigenvalue weighted by atomic mass is 32.2. The molecule has 0 saturated heterocycles. The summed E-state index contributed by atoms with van der Waals surface area (Å²) in [5.74, 6) is 1.41. The average molecular weight is 275 g/mol. The van der Waals surface area contributed by atoms with Gasteiger partial charge in [-0.15, -0.1) is 11.8 Å². The predicted octanol–water partition coefficient (Wildman–Crippen LogP) is 3.44. The zero-order valence-corrected chi connectivity index (χ0v) is 11.9. The van der Waals surface area contributed by atoms with Crippen LogP contribution in [0.25, 0.3) is 0 Å². The van der Waals surface area contributed by atoms with Gasteiger partial charge in [-0.25, -0.2) is 4.98 Å². The topological polar surface area (TPSA) is 42.4 Å². The second-order valence-corrected chi connectivity index (χ2v) is 5.26. The quantitative estimate of drug-likeness (QED) is 0.849. The minimum absolute atomic E-state index is 0.435. The van der Waals surface area contributed by atoms with Crippen molar-refractivity contribution < 1.29 is 9.84 Å². The fourth-order valence-electron chi connectivity index (χ4n) is 1.67. The van der Waals surface area contributed by atoms with E-state index in [0.717, 1.165) is 21.9 Å². The predicted molar refractivity (Wildman–Crippen MR) is 77.4 cm³/mol. The molecule has 1 aromatic heterocycles. The van der Waals surface area contributed by atoms with E-state index in [-0.39, 0.29) is 0 Å². The summed E-state index contributed by atoms with van der Waals surface area (Å²) in [4.78, 5) is 5.50. The van der Waals surface area contributed by atoms with Crippen LogP contribution in [0.3, 0.4) is 0 Å². The minimum atomic E-state index is -0.435. The van der Waals surface area contributed by atoms with Crippen molar-refractivity contribution in [2.75, 3.05) is 7.11 Å². The molecule has 3 nitrogen and oxygen atoms in total. The molecule has 0 aliphatic carbocycles. The number of rotatable bonds is 5. The van der Waals surface area contributed by atoms with Crippen LogP contribution in [0.1, 0.15) is 24.3 Å². The van der Waals surface area contributed by atoms with Gasteiger partial charge in [0.1, 0.15) is 0 Å². The Kier molecular flexibility index (Phi) is 4.82. The van der Waals surface area contributed by atoms with Crippen molar-refractivity contribution in [3.8, 4) is 5.88 Å². The number of methoxy groups -OCH3 is 1. The highest BCUT2D eigenvalue weighted by Gasteiger charge is 2.03. The monoisotopic (exact) mass is 275 g/mol. The van der Waals surface area contributed by atoms with Crippen LogP contribution in [0.5, 0.6) is 5.88 Å². The summed E-state index contributed by atoms with van der Waals surface area (Å²) >= 11 is 1.70. The zero-order valence-electron chi connectivity index (χ0n) is 11.0. The van der Waals surface area contributed by atoms with Crippen LogP contribution in [-0.2, 0) is 5.75 Å². The number of hydrogen-bond donors (Lipinski definition) is 1. The molecular formula is C15H17NO2S. The number of aliphatic hydroxyl groups is 1. The van der Waals surface area contributed by atoms with Gasteiger partial charge >= 0.3 is 0 Å². The van der Waals surface area contributed by atoms with Crippen LogP contribution < -0.4 is 4.74 Å². The first-order valence-corrected chi connectivity index (χ1v) is 7.08. The number of benzene rings is 1. The summed E-state index contributed by atoms with van der Waals surface area (Å²) < 4.78 is 5.10. The number of hydrogen-bond acceptors (Lipinski definition) is 4. The van der Waals surface area contributed by atoms with E-state index >= 15 is 0 Å². The van der Waals surface area contributed by atoms with Crippen LogP contribution in [0, 0.1) is 0 Å². The summed E-state index contributed by atoms with van der Waals surface area (Å²) in [5, 5.41) is 9.56. The first-order valence-electron chi connectivity index (χ1n) is 6.10. The smallest absolute Gasteiger partial charge is 0.213 e. The van der Waals surface area contributed by atoms with Crippen molar-refractivity contribution in [2.45, 2.75) is 23.7 Å². The standard InChI is InChI=1S/C15H17NO2S/c1-11(17)12-5-3-7-14(9-12)19-10-13-6-4-8-15(16-13)18-2/h3-9,11,17H,10H2,1-2H3. The van der Waals surface area contributed by atoms with E-state index in [1.165, 1.54) is 0 Å². The zero-order chi connectivity index (χ0) is 13.7. The lowest BCUT2D eigenvalue weighted by Crippen LogP contribution is -1.92. The van der Waals surface area contributed by atoms with E-state index in [0.29, 0.717) is 5.88 Å². The third-order valence-electron chi connectivity index (χ3n) is 2.72. The largest absolute Gasteiger partial charge is 0.481 e. The first kappa shape index (κ1) is 13.9. The normalized spacial score (nSPS) is 12.2. The van der Waals surface area contributed by atoms with Crippen LogP contribution >= 0.6 is 11.8 Å². The molecule has 100 valence electrons. The molecule has 0 aliphatic rings. The highest BCUT2D eigenvalue weighted by Crippen LogP contribution is 2.25.